The molecule has 1 aromatic rings. The van der Waals surface area contributed by atoms with Crippen molar-refractivity contribution < 1.29 is 14.3 Å². The van der Waals surface area contributed by atoms with E-state index in [0.717, 1.165) is 11.3 Å². The van der Waals surface area contributed by atoms with Gasteiger partial charge in [-0.3, -0.25) is 9.59 Å². The normalized spacial score (nSPS) is 18.2. The van der Waals surface area contributed by atoms with E-state index in [4.69, 9.17) is 4.74 Å². The van der Waals surface area contributed by atoms with E-state index in [0.29, 0.717) is 19.5 Å². The first-order valence-corrected chi connectivity index (χ1v) is 7.21. The summed E-state index contributed by atoms with van der Waals surface area (Å²) in [5, 5.41) is 2.90. The minimum absolute atomic E-state index is 0.0608. The first-order chi connectivity index (χ1) is 10.0. The van der Waals surface area contributed by atoms with Crippen LogP contribution in [0.4, 0.5) is 0 Å². The molecular weight excluding hydrogens is 268 g/mol. The number of benzene rings is 1. The van der Waals surface area contributed by atoms with Crippen molar-refractivity contribution in [1.82, 2.24) is 10.2 Å². The summed E-state index contributed by atoms with van der Waals surface area (Å²) in [6.07, 6.45) is 0.308. The van der Waals surface area contributed by atoms with Gasteiger partial charge in [-0.1, -0.05) is 12.1 Å². The highest BCUT2D eigenvalue weighted by molar-refractivity contribution is 5.89. The van der Waals surface area contributed by atoms with Crippen LogP contribution < -0.4 is 10.1 Å². The Bertz CT molecular complexity index is 528. The van der Waals surface area contributed by atoms with Crippen LogP contribution in [0.1, 0.15) is 25.8 Å². The number of ether oxygens (including phenoxy) is 1. The van der Waals surface area contributed by atoms with Crippen molar-refractivity contribution in [2.24, 2.45) is 5.92 Å². The third kappa shape index (κ3) is 3.74. The molecule has 1 atom stereocenters. The molecule has 21 heavy (non-hydrogen) atoms. The molecule has 1 saturated heterocycles. The number of nitrogens with one attached hydrogen (secondary N) is 1. The molecule has 0 radical (unpaired) electrons. The number of likely N-dealkylation sites (tertiary alicyclic amines) is 1. The Balaban J connectivity index is 1.89. The maximum atomic E-state index is 12.2. The minimum atomic E-state index is -0.245. The van der Waals surface area contributed by atoms with E-state index in [9.17, 15) is 9.59 Å². The zero-order chi connectivity index (χ0) is 15.4. The van der Waals surface area contributed by atoms with E-state index in [-0.39, 0.29) is 23.8 Å². The van der Waals surface area contributed by atoms with Crippen molar-refractivity contribution in [3.63, 3.8) is 0 Å². The van der Waals surface area contributed by atoms with Gasteiger partial charge in [-0.25, -0.2) is 0 Å². The summed E-state index contributed by atoms with van der Waals surface area (Å²) in [7, 11) is 1.61. The highest BCUT2D eigenvalue weighted by atomic mass is 16.5. The standard InChI is InChI=1S/C16H22N2O3/c1-11(2)18-10-13(8-15(18)19)16(20)17-9-12-5-4-6-14(7-12)21-3/h4-7,11,13H,8-10H2,1-3H3,(H,17,20)/t13-/m0/s1. The Kier molecular flexibility index (Phi) is 4.83. The van der Waals surface area contributed by atoms with Crippen LogP contribution in [0.2, 0.25) is 0 Å². The number of carbonyl (C=O) groups excluding carboxylic acids is 2. The van der Waals surface area contributed by atoms with E-state index in [1.807, 2.05) is 38.1 Å². The fourth-order valence-corrected chi connectivity index (χ4v) is 2.52. The third-order valence-corrected chi connectivity index (χ3v) is 3.75. The Morgan fingerprint density at radius 2 is 2.24 bits per heavy atom. The van der Waals surface area contributed by atoms with Crippen molar-refractivity contribution >= 4 is 11.8 Å². The van der Waals surface area contributed by atoms with Crippen LogP contribution in [-0.2, 0) is 16.1 Å². The first-order valence-electron chi connectivity index (χ1n) is 7.21. The maximum absolute atomic E-state index is 12.2. The van der Waals surface area contributed by atoms with Gasteiger partial charge in [-0.15, -0.1) is 0 Å². The van der Waals surface area contributed by atoms with Crippen LogP contribution in [0.25, 0.3) is 0 Å². The average molecular weight is 290 g/mol. The van der Waals surface area contributed by atoms with Gasteiger partial charge in [0, 0.05) is 25.6 Å². The van der Waals surface area contributed by atoms with Crippen LogP contribution in [-0.4, -0.2) is 36.4 Å². The van der Waals surface area contributed by atoms with Crippen molar-refractivity contribution in [2.45, 2.75) is 32.9 Å². The smallest absolute Gasteiger partial charge is 0.225 e. The molecule has 0 unspecified atom stereocenters. The van der Waals surface area contributed by atoms with Gasteiger partial charge in [0.2, 0.25) is 11.8 Å². The van der Waals surface area contributed by atoms with Crippen molar-refractivity contribution in [3.05, 3.63) is 29.8 Å². The summed E-state index contributed by atoms with van der Waals surface area (Å²) in [4.78, 5) is 25.7. The molecule has 0 saturated carbocycles. The Hall–Kier alpha value is -2.04. The molecule has 0 aromatic heterocycles. The lowest BCUT2D eigenvalue weighted by Gasteiger charge is -2.20. The molecule has 1 N–H and O–H groups in total. The van der Waals surface area contributed by atoms with E-state index >= 15 is 0 Å². The SMILES string of the molecule is COc1cccc(CNC(=O)[C@H]2CC(=O)N(C(C)C)C2)c1. The Morgan fingerprint density at radius 3 is 2.86 bits per heavy atom. The molecule has 114 valence electrons. The van der Waals surface area contributed by atoms with Crippen molar-refractivity contribution in [1.29, 1.82) is 0 Å². The number of nitrogens with zero attached hydrogens (tertiary/aromatic N) is 1. The second-order valence-electron chi connectivity index (χ2n) is 5.61. The predicted molar refractivity (Wildman–Crippen MR) is 79.8 cm³/mol. The molecule has 1 aliphatic heterocycles. The number of amides is 2. The van der Waals surface area contributed by atoms with Gasteiger partial charge in [-0.05, 0) is 31.5 Å². The van der Waals surface area contributed by atoms with Gasteiger partial charge in [0.05, 0.1) is 13.0 Å². The Labute approximate surface area is 125 Å². The topological polar surface area (TPSA) is 58.6 Å². The zero-order valence-corrected chi connectivity index (χ0v) is 12.8. The third-order valence-electron chi connectivity index (χ3n) is 3.75. The van der Waals surface area contributed by atoms with Gasteiger partial charge >= 0.3 is 0 Å². The second kappa shape index (κ2) is 6.61. The molecule has 0 spiro atoms. The monoisotopic (exact) mass is 290 g/mol. The average Bonchev–Trinajstić information content (AvgIpc) is 2.87. The summed E-state index contributed by atoms with van der Waals surface area (Å²) in [6.45, 7) is 4.89. The fraction of sp³-hybridized carbons (Fsp3) is 0.500. The highest BCUT2D eigenvalue weighted by Crippen LogP contribution is 2.20. The number of hydrogen-bond donors (Lipinski definition) is 1. The summed E-state index contributed by atoms with van der Waals surface area (Å²) in [5.74, 6) is 0.523. The number of rotatable bonds is 5. The molecule has 2 rings (SSSR count). The molecular formula is C16H22N2O3. The molecule has 1 aromatic carbocycles. The van der Waals surface area contributed by atoms with Crippen LogP contribution in [0.3, 0.4) is 0 Å². The molecule has 2 amide bonds. The molecule has 1 fully saturated rings. The summed E-state index contributed by atoms with van der Waals surface area (Å²) in [5.41, 5.74) is 0.979. The van der Waals surface area contributed by atoms with Crippen LogP contribution in [0, 0.1) is 5.92 Å². The number of hydrogen-bond acceptors (Lipinski definition) is 3. The molecule has 5 nitrogen and oxygen atoms in total. The van der Waals surface area contributed by atoms with Gasteiger partial charge in [-0.2, -0.15) is 0 Å². The lowest BCUT2D eigenvalue weighted by Crippen LogP contribution is -2.35. The largest absolute Gasteiger partial charge is 0.497 e. The summed E-state index contributed by atoms with van der Waals surface area (Å²) < 4.78 is 5.15. The van der Waals surface area contributed by atoms with Crippen molar-refractivity contribution in [3.8, 4) is 5.75 Å². The summed E-state index contributed by atoms with van der Waals surface area (Å²) in [6, 6.07) is 7.72. The van der Waals surface area contributed by atoms with Gasteiger partial charge in [0.15, 0.2) is 0 Å². The lowest BCUT2D eigenvalue weighted by atomic mass is 10.1. The van der Waals surface area contributed by atoms with E-state index in [2.05, 4.69) is 5.32 Å². The predicted octanol–water partition coefficient (Wildman–Crippen LogP) is 1.57. The maximum Gasteiger partial charge on any atom is 0.225 e. The van der Waals surface area contributed by atoms with Gasteiger partial charge in [0.1, 0.15) is 5.75 Å². The van der Waals surface area contributed by atoms with E-state index in [1.54, 1.807) is 12.0 Å². The molecule has 1 heterocycles. The number of carbonyl (C=O) groups is 2. The number of methoxy groups -OCH3 is 1. The van der Waals surface area contributed by atoms with E-state index in [1.165, 1.54) is 0 Å². The molecule has 0 bridgehead atoms. The second-order valence-corrected chi connectivity index (χ2v) is 5.61. The van der Waals surface area contributed by atoms with E-state index < -0.39 is 0 Å². The zero-order valence-electron chi connectivity index (χ0n) is 12.8. The van der Waals surface area contributed by atoms with Crippen LogP contribution in [0.15, 0.2) is 24.3 Å². The van der Waals surface area contributed by atoms with Gasteiger partial charge < -0.3 is 15.0 Å². The van der Waals surface area contributed by atoms with Crippen LogP contribution in [0.5, 0.6) is 5.75 Å². The molecule has 5 heteroatoms. The lowest BCUT2D eigenvalue weighted by molar-refractivity contribution is -0.129. The van der Waals surface area contributed by atoms with Gasteiger partial charge in [0.25, 0.3) is 0 Å². The van der Waals surface area contributed by atoms with Crippen LogP contribution >= 0.6 is 0 Å². The summed E-state index contributed by atoms with van der Waals surface area (Å²) >= 11 is 0. The Morgan fingerprint density at radius 1 is 1.48 bits per heavy atom. The van der Waals surface area contributed by atoms with Crippen molar-refractivity contribution in [2.75, 3.05) is 13.7 Å². The highest BCUT2D eigenvalue weighted by Gasteiger charge is 2.35. The fourth-order valence-electron chi connectivity index (χ4n) is 2.52. The molecule has 1 aliphatic rings. The molecule has 0 aliphatic carbocycles. The quantitative estimate of drug-likeness (QED) is 0.895. The minimum Gasteiger partial charge on any atom is -0.497 e. The first kappa shape index (κ1) is 15.4.